The van der Waals surface area contributed by atoms with Crippen LogP contribution in [0.15, 0.2) is 36.8 Å². The predicted molar refractivity (Wildman–Crippen MR) is 121 cm³/mol. The lowest BCUT2D eigenvalue weighted by Crippen LogP contribution is -2.17. The molecule has 0 radical (unpaired) electrons. The second-order valence-electron chi connectivity index (χ2n) is 7.55. The second kappa shape index (κ2) is 7.90. The number of hydrogen-bond acceptors (Lipinski definition) is 9. The fourth-order valence-electron chi connectivity index (χ4n) is 3.85. The van der Waals surface area contributed by atoms with Gasteiger partial charge in [0.25, 0.3) is 5.91 Å². The SMILES string of the molecule is Cc1cnc(NC(=O)c2ccc(-c3nn(C4CCN(C#N)C4)c4ncnc(N)c34)cc2)s1. The molecule has 160 valence electrons. The van der Waals surface area contributed by atoms with Gasteiger partial charge in [-0.05, 0) is 25.5 Å². The van der Waals surface area contributed by atoms with Crippen LogP contribution in [0.4, 0.5) is 10.9 Å². The third kappa shape index (κ3) is 3.50. The Hall–Kier alpha value is -4.04. The first-order valence-corrected chi connectivity index (χ1v) is 10.8. The van der Waals surface area contributed by atoms with Crippen molar-refractivity contribution in [3.63, 3.8) is 0 Å². The van der Waals surface area contributed by atoms with Crippen molar-refractivity contribution in [2.24, 2.45) is 0 Å². The molecule has 1 atom stereocenters. The number of nitriles is 1. The van der Waals surface area contributed by atoms with E-state index in [1.807, 2.05) is 23.7 Å². The standard InChI is InChI=1S/C21H19N9OS/c1-12-8-24-21(32-12)27-20(31)14-4-2-13(3-5-14)17-16-18(23)25-11-26-19(16)30(28-17)15-6-7-29(9-15)10-22/h2-5,8,11,15H,6-7,9H2,1H3,(H2,23,25,26)(H,24,27,31). The Morgan fingerprint density at radius 2 is 2.09 bits per heavy atom. The summed E-state index contributed by atoms with van der Waals surface area (Å²) in [6, 6.07) is 7.16. The van der Waals surface area contributed by atoms with Gasteiger partial charge in [-0.15, -0.1) is 11.3 Å². The summed E-state index contributed by atoms with van der Waals surface area (Å²) >= 11 is 1.42. The zero-order valence-corrected chi connectivity index (χ0v) is 18.0. The van der Waals surface area contributed by atoms with Gasteiger partial charge in [0.05, 0.1) is 18.0 Å². The van der Waals surface area contributed by atoms with Gasteiger partial charge in [0.1, 0.15) is 17.8 Å². The fraction of sp³-hybridized carbons (Fsp3) is 0.238. The molecule has 10 nitrogen and oxygen atoms in total. The van der Waals surface area contributed by atoms with E-state index in [0.29, 0.717) is 46.3 Å². The molecular weight excluding hydrogens is 426 g/mol. The van der Waals surface area contributed by atoms with E-state index in [4.69, 9.17) is 10.8 Å². The molecule has 1 fully saturated rings. The summed E-state index contributed by atoms with van der Waals surface area (Å²) in [6.07, 6.45) is 6.13. The van der Waals surface area contributed by atoms with Crippen LogP contribution in [0, 0.1) is 18.4 Å². The predicted octanol–water partition coefficient (Wildman–Crippen LogP) is 2.82. The lowest BCUT2D eigenvalue weighted by atomic mass is 10.1. The van der Waals surface area contributed by atoms with Crippen molar-refractivity contribution in [1.29, 1.82) is 5.26 Å². The highest BCUT2D eigenvalue weighted by molar-refractivity contribution is 7.15. The smallest absolute Gasteiger partial charge is 0.257 e. The number of thiazole rings is 1. The molecule has 4 heterocycles. The molecule has 0 spiro atoms. The van der Waals surface area contributed by atoms with E-state index in [9.17, 15) is 10.1 Å². The van der Waals surface area contributed by atoms with E-state index < -0.39 is 0 Å². The highest BCUT2D eigenvalue weighted by Crippen LogP contribution is 2.33. The Morgan fingerprint density at radius 3 is 2.78 bits per heavy atom. The maximum absolute atomic E-state index is 12.5. The Kier molecular flexibility index (Phi) is 4.91. The molecule has 4 aromatic rings. The van der Waals surface area contributed by atoms with Gasteiger partial charge in [-0.25, -0.2) is 19.6 Å². The van der Waals surface area contributed by atoms with Gasteiger partial charge in [0, 0.05) is 28.7 Å². The molecule has 11 heteroatoms. The molecule has 1 aromatic carbocycles. The summed E-state index contributed by atoms with van der Waals surface area (Å²) < 4.78 is 1.84. The number of fused-ring (bicyclic) bond motifs is 1. The Labute approximate surface area is 187 Å². The quantitative estimate of drug-likeness (QED) is 0.457. The van der Waals surface area contributed by atoms with E-state index in [1.54, 1.807) is 23.2 Å². The zero-order valence-electron chi connectivity index (χ0n) is 17.2. The number of amides is 1. The minimum absolute atomic E-state index is 0.0204. The molecule has 0 bridgehead atoms. The number of benzene rings is 1. The van der Waals surface area contributed by atoms with Crippen molar-refractivity contribution in [1.82, 2.24) is 29.6 Å². The highest BCUT2D eigenvalue weighted by Gasteiger charge is 2.28. The van der Waals surface area contributed by atoms with E-state index >= 15 is 0 Å². The molecule has 0 saturated carbocycles. The number of aromatic nitrogens is 5. The number of rotatable bonds is 4. The van der Waals surface area contributed by atoms with Crippen molar-refractivity contribution >= 4 is 39.2 Å². The van der Waals surface area contributed by atoms with E-state index in [2.05, 4.69) is 26.5 Å². The van der Waals surface area contributed by atoms with Crippen LogP contribution in [0.3, 0.4) is 0 Å². The van der Waals surface area contributed by atoms with Crippen LogP contribution in [0.1, 0.15) is 27.7 Å². The third-order valence-corrected chi connectivity index (χ3v) is 6.26. The number of anilines is 2. The van der Waals surface area contributed by atoms with Crippen LogP contribution in [-0.2, 0) is 0 Å². The van der Waals surface area contributed by atoms with Gasteiger partial charge in [0.2, 0.25) is 0 Å². The Bertz CT molecular complexity index is 1350. The maximum Gasteiger partial charge on any atom is 0.257 e. The molecule has 32 heavy (non-hydrogen) atoms. The normalized spacial score (nSPS) is 15.8. The largest absolute Gasteiger partial charge is 0.383 e. The minimum Gasteiger partial charge on any atom is -0.383 e. The molecule has 0 aliphatic carbocycles. The number of carbonyl (C=O) groups is 1. The van der Waals surface area contributed by atoms with Crippen molar-refractivity contribution < 1.29 is 4.79 Å². The molecule has 1 saturated heterocycles. The lowest BCUT2D eigenvalue weighted by molar-refractivity contribution is 0.102. The lowest BCUT2D eigenvalue weighted by Gasteiger charge is -2.11. The molecule has 1 amide bonds. The van der Waals surface area contributed by atoms with Crippen LogP contribution in [0.5, 0.6) is 0 Å². The summed E-state index contributed by atoms with van der Waals surface area (Å²) in [5, 5.41) is 18.0. The molecule has 3 N–H and O–H groups in total. The molecule has 1 unspecified atom stereocenters. The van der Waals surface area contributed by atoms with Crippen LogP contribution in [0.2, 0.25) is 0 Å². The summed E-state index contributed by atoms with van der Waals surface area (Å²) in [4.78, 5) is 28.0. The van der Waals surface area contributed by atoms with Gasteiger partial charge >= 0.3 is 0 Å². The number of nitrogens with zero attached hydrogens (tertiary/aromatic N) is 7. The zero-order chi connectivity index (χ0) is 22.2. The van der Waals surface area contributed by atoms with Crippen LogP contribution in [-0.4, -0.2) is 48.6 Å². The van der Waals surface area contributed by atoms with E-state index in [1.165, 1.54) is 17.7 Å². The summed E-state index contributed by atoms with van der Waals surface area (Å²) in [6.45, 7) is 3.19. The first-order chi connectivity index (χ1) is 15.5. The molecule has 1 aliphatic heterocycles. The van der Waals surface area contributed by atoms with Crippen LogP contribution < -0.4 is 11.1 Å². The molecule has 5 rings (SSSR count). The van der Waals surface area contributed by atoms with Crippen molar-refractivity contribution in [3.8, 4) is 17.5 Å². The van der Waals surface area contributed by atoms with Gasteiger partial charge in [-0.1, -0.05) is 12.1 Å². The molecular formula is C21H19N9OS. The average molecular weight is 446 g/mol. The summed E-state index contributed by atoms with van der Waals surface area (Å²) in [5.74, 6) is 0.110. The first-order valence-electron chi connectivity index (χ1n) is 10.0. The van der Waals surface area contributed by atoms with Gasteiger partial charge in [-0.2, -0.15) is 10.4 Å². The van der Waals surface area contributed by atoms with Crippen LogP contribution in [0.25, 0.3) is 22.3 Å². The summed E-state index contributed by atoms with van der Waals surface area (Å²) in [5.41, 5.74) is 8.78. The van der Waals surface area contributed by atoms with Gasteiger partial charge in [-0.3, -0.25) is 10.1 Å². The highest BCUT2D eigenvalue weighted by atomic mass is 32.1. The average Bonchev–Trinajstić information content (AvgIpc) is 3.52. The molecule has 3 aromatic heterocycles. The number of hydrogen-bond donors (Lipinski definition) is 2. The molecule has 1 aliphatic rings. The van der Waals surface area contributed by atoms with E-state index in [0.717, 1.165) is 16.9 Å². The summed E-state index contributed by atoms with van der Waals surface area (Å²) in [7, 11) is 0. The Morgan fingerprint density at radius 1 is 1.28 bits per heavy atom. The number of nitrogen functional groups attached to an aromatic ring is 1. The maximum atomic E-state index is 12.5. The Balaban J connectivity index is 1.48. The topological polar surface area (TPSA) is 139 Å². The van der Waals surface area contributed by atoms with Gasteiger partial charge < -0.3 is 10.6 Å². The number of nitrogens with one attached hydrogen (secondary N) is 1. The third-order valence-electron chi connectivity index (χ3n) is 5.43. The van der Waals surface area contributed by atoms with E-state index in [-0.39, 0.29) is 11.9 Å². The van der Waals surface area contributed by atoms with Crippen molar-refractivity contribution in [3.05, 3.63) is 47.2 Å². The number of likely N-dealkylation sites (tertiary alicyclic amines) is 1. The van der Waals surface area contributed by atoms with Gasteiger partial charge in [0.15, 0.2) is 17.0 Å². The first kappa shape index (κ1) is 19.9. The monoisotopic (exact) mass is 445 g/mol. The van der Waals surface area contributed by atoms with Crippen molar-refractivity contribution in [2.75, 3.05) is 24.1 Å². The minimum atomic E-state index is -0.230. The number of nitrogens with two attached hydrogens (primary N) is 1. The second-order valence-corrected chi connectivity index (χ2v) is 8.78. The van der Waals surface area contributed by atoms with Crippen LogP contribution >= 0.6 is 11.3 Å². The number of carbonyl (C=O) groups excluding carboxylic acids is 1. The van der Waals surface area contributed by atoms with Crippen molar-refractivity contribution in [2.45, 2.75) is 19.4 Å². The number of aryl methyl sites for hydroxylation is 1. The fourth-order valence-corrected chi connectivity index (χ4v) is 4.51.